The van der Waals surface area contributed by atoms with Gasteiger partial charge in [0.15, 0.2) is 0 Å². The second-order valence-electron chi connectivity index (χ2n) is 2.05. The normalized spacial score (nSPS) is 9.78. The molecule has 0 amide bonds. The highest BCUT2D eigenvalue weighted by atomic mass is 14.9. The van der Waals surface area contributed by atoms with Crippen LogP contribution in [-0.4, -0.2) is 20.3 Å². The van der Waals surface area contributed by atoms with Crippen molar-refractivity contribution in [3.05, 3.63) is 11.3 Å². The first-order valence-corrected chi connectivity index (χ1v) is 2.99. The Morgan fingerprint density at radius 2 is 2.00 bits per heavy atom. The zero-order chi connectivity index (χ0) is 7.28. The van der Waals surface area contributed by atoms with E-state index < -0.39 is 0 Å². The van der Waals surface area contributed by atoms with Gasteiger partial charge in [0.2, 0.25) is 0 Å². The molecule has 0 aromatic rings. The summed E-state index contributed by atoms with van der Waals surface area (Å²) in [6.45, 7) is 4.10. The molecule has 0 atom stereocenters. The van der Waals surface area contributed by atoms with E-state index in [-0.39, 0.29) is 0 Å². The first-order chi connectivity index (χ1) is 4.22. The quantitative estimate of drug-likeness (QED) is 0.552. The van der Waals surface area contributed by atoms with Crippen molar-refractivity contribution in [2.45, 2.75) is 13.8 Å². The van der Waals surface area contributed by atoms with Crippen LogP contribution >= 0.6 is 0 Å². The molecule has 0 radical (unpaired) electrons. The van der Waals surface area contributed by atoms with Gasteiger partial charge in [0.1, 0.15) is 0 Å². The van der Waals surface area contributed by atoms with E-state index in [1.54, 1.807) is 7.05 Å². The lowest BCUT2D eigenvalue weighted by Gasteiger charge is -2.00. The number of hydrogen-bond acceptors (Lipinski definition) is 2. The lowest BCUT2D eigenvalue weighted by Crippen LogP contribution is -2.08. The highest BCUT2D eigenvalue weighted by molar-refractivity contribution is 5.78. The largest absolute Gasteiger partial charge is 0.387 e. The molecule has 0 rings (SSSR count). The Morgan fingerprint density at radius 3 is 2.11 bits per heavy atom. The Bertz CT molecular complexity index is 130. The van der Waals surface area contributed by atoms with Gasteiger partial charge in [0, 0.05) is 20.3 Å². The van der Waals surface area contributed by atoms with Gasteiger partial charge in [-0.15, -0.1) is 0 Å². The van der Waals surface area contributed by atoms with E-state index in [1.807, 2.05) is 27.1 Å². The minimum Gasteiger partial charge on any atom is -0.387 e. The lowest BCUT2D eigenvalue weighted by molar-refractivity contribution is 1.02. The van der Waals surface area contributed by atoms with E-state index in [2.05, 4.69) is 10.3 Å². The Balaban J connectivity index is 4.16. The van der Waals surface area contributed by atoms with Gasteiger partial charge in [0.25, 0.3) is 0 Å². The van der Waals surface area contributed by atoms with E-state index >= 15 is 0 Å². The second kappa shape index (κ2) is 4.13. The Hall–Kier alpha value is -0.790. The predicted octanol–water partition coefficient (Wildman–Crippen LogP) is 1.20. The van der Waals surface area contributed by atoms with Crippen molar-refractivity contribution < 1.29 is 0 Å². The smallest absolute Gasteiger partial charge is 0.0505 e. The van der Waals surface area contributed by atoms with Crippen LogP contribution in [0.1, 0.15) is 13.8 Å². The molecule has 2 nitrogen and oxygen atoms in total. The van der Waals surface area contributed by atoms with Gasteiger partial charge in [-0.1, -0.05) is 5.57 Å². The fourth-order valence-electron chi connectivity index (χ4n) is 0.573. The average Bonchev–Trinajstić information content (AvgIpc) is 1.82. The number of allylic oxidation sites excluding steroid dienone is 2. The maximum absolute atomic E-state index is 3.88. The molecule has 0 saturated carbocycles. The van der Waals surface area contributed by atoms with E-state index in [0.717, 1.165) is 5.70 Å². The fraction of sp³-hybridized carbons (Fsp3) is 0.571. The topological polar surface area (TPSA) is 24.4 Å². The van der Waals surface area contributed by atoms with Gasteiger partial charge in [-0.3, -0.25) is 4.99 Å². The minimum absolute atomic E-state index is 1.09. The van der Waals surface area contributed by atoms with Gasteiger partial charge < -0.3 is 5.32 Å². The summed E-state index contributed by atoms with van der Waals surface area (Å²) in [7, 11) is 3.66. The van der Waals surface area contributed by atoms with Crippen LogP contribution in [0.15, 0.2) is 16.3 Å². The molecule has 0 aromatic carbocycles. The summed E-state index contributed by atoms with van der Waals surface area (Å²) in [5, 5.41) is 3.03. The van der Waals surface area contributed by atoms with Crippen molar-refractivity contribution in [1.82, 2.24) is 5.32 Å². The third-order valence-corrected chi connectivity index (χ3v) is 1.07. The first kappa shape index (κ1) is 8.21. The van der Waals surface area contributed by atoms with Gasteiger partial charge >= 0.3 is 0 Å². The van der Waals surface area contributed by atoms with Gasteiger partial charge in [0.05, 0.1) is 5.70 Å². The molecule has 0 aliphatic heterocycles. The van der Waals surface area contributed by atoms with Crippen LogP contribution in [0.5, 0.6) is 0 Å². The summed E-state index contributed by atoms with van der Waals surface area (Å²) in [4.78, 5) is 3.88. The standard InChI is InChI=1S/C7H14N2/c1-6(2)7(9-4)5-8-3/h5,9H,1-4H3. The van der Waals surface area contributed by atoms with E-state index in [4.69, 9.17) is 0 Å². The Labute approximate surface area is 56.7 Å². The number of nitrogens with one attached hydrogen (secondary N) is 1. The van der Waals surface area contributed by atoms with Crippen molar-refractivity contribution in [3.8, 4) is 0 Å². The van der Waals surface area contributed by atoms with Crippen LogP contribution in [0.3, 0.4) is 0 Å². The molecule has 9 heavy (non-hydrogen) atoms. The molecule has 0 saturated heterocycles. The summed E-state index contributed by atoms with van der Waals surface area (Å²) in [5.74, 6) is 0. The highest BCUT2D eigenvalue weighted by Crippen LogP contribution is 1.93. The Kier molecular flexibility index (Phi) is 3.76. The van der Waals surface area contributed by atoms with Crippen molar-refractivity contribution in [3.63, 3.8) is 0 Å². The molecule has 2 heteroatoms. The minimum atomic E-state index is 1.09. The molecule has 0 heterocycles. The maximum atomic E-state index is 3.88. The molecule has 0 unspecified atom stereocenters. The SMILES string of the molecule is CN=CC(NC)=C(C)C. The summed E-state index contributed by atoms with van der Waals surface area (Å²) < 4.78 is 0. The molecule has 0 fully saturated rings. The van der Waals surface area contributed by atoms with Crippen LogP contribution in [0.2, 0.25) is 0 Å². The Morgan fingerprint density at radius 1 is 1.44 bits per heavy atom. The highest BCUT2D eigenvalue weighted by Gasteiger charge is 1.87. The summed E-state index contributed by atoms with van der Waals surface area (Å²) >= 11 is 0. The number of aliphatic imine (C=N–C) groups is 1. The third kappa shape index (κ3) is 2.90. The molecule has 0 bridgehead atoms. The van der Waals surface area contributed by atoms with Crippen LogP contribution in [0.25, 0.3) is 0 Å². The van der Waals surface area contributed by atoms with E-state index in [1.165, 1.54) is 5.57 Å². The third-order valence-electron chi connectivity index (χ3n) is 1.07. The van der Waals surface area contributed by atoms with Crippen LogP contribution in [0.4, 0.5) is 0 Å². The van der Waals surface area contributed by atoms with E-state index in [9.17, 15) is 0 Å². The van der Waals surface area contributed by atoms with Gasteiger partial charge in [-0.2, -0.15) is 0 Å². The molecule has 0 spiro atoms. The number of hydrogen-bond donors (Lipinski definition) is 1. The van der Waals surface area contributed by atoms with Crippen molar-refractivity contribution >= 4 is 6.21 Å². The number of nitrogens with zero attached hydrogens (tertiary/aromatic N) is 1. The first-order valence-electron chi connectivity index (χ1n) is 2.99. The summed E-state index contributed by atoms with van der Waals surface area (Å²) in [6.07, 6.45) is 1.81. The molecule has 52 valence electrons. The molecule has 0 aromatic heterocycles. The monoisotopic (exact) mass is 126 g/mol. The van der Waals surface area contributed by atoms with Crippen LogP contribution in [0, 0.1) is 0 Å². The van der Waals surface area contributed by atoms with Crippen LogP contribution < -0.4 is 5.32 Å². The predicted molar refractivity (Wildman–Crippen MR) is 41.8 cm³/mol. The number of rotatable bonds is 2. The average molecular weight is 126 g/mol. The zero-order valence-corrected chi connectivity index (χ0v) is 6.52. The molecule has 0 aliphatic rings. The molecule has 0 aliphatic carbocycles. The fourth-order valence-corrected chi connectivity index (χ4v) is 0.573. The summed E-state index contributed by atoms with van der Waals surface area (Å²) in [5.41, 5.74) is 2.35. The zero-order valence-electron chi connectivity index (χ0n) is 6.52. The lowest BCUT2D eigenvalue weighted by atomic mass is 10.3. The second-order valence-corrected chi connectivity index (χ2v) is 2.05. The van der Waals surface area contributed by atoms with E-state index in [0.29, 0.717) is 0 Å². The molecular weight excluding hydrogens is 112 g/mol. The van der Waals surface area contributed by atoms with Gasteiger partial charge in [-0.25, -0.2) is 0 Å². The molecule has 1 N–H and O–H groups in total. The van der Waals surface area contributed by atoms with Crippen molar-refractivity contribution in [2.75, 3.05) is 14.1 Å². The maximum Gasteiger partial charge on any atom is 0.0505 e. The van der Waals surface area contributed by atoms with Crippen molar-refractivity contribution in [2.24, 2.45) is 4.99 Å². The van der Waals surface area contributed by atoms with Crippen LogP contribution in [-0.2, 0) is 0 Å². The van der Waals surface area contributed by atoms with Gasteiger partial charge in [-0.05, 0) is 13.8 Å². The molecular formula is C7H14N2. The summed E-state index contributed by atoms with van der Waals surface area (Å²) in [6, 6.07) is 0. The van der Waals surface area contributed by atoms with Crippen molar-refractivity contribution in [1.29, 1.82) is 0 Å².